The molecule has 1 radical (unpaired) electrons. The summed E-state index contributed by atoms with van der Waals surface area (Å²) in [6.45, 7) is 2.29. The van der Waals surface area contributed by atoms with Gasteiger partial charge in [0.05, 0.1) is 5.52 Å². The molecule has 2 aromatic carbocycles. The third kappa shape index (κ3) is 6.62. The summed E-state index contributed by atoms with van der Waals surface area (Å²) in [5.74, 6) is 0. The normalized spacial score (nSPS) is 11.8. The average Bonchev–Trinajstić information content (AvgIpc) is 3.22. The first-order valence-electron chi connectivity index (χ1n) is 12.5. The minimum Gasteiger partial charge on any atom is -0.296 e. The van der Waals surface area contributed by atoms with Crippen LogP contribution >= 0.6 is 0 Å². The number of rotatable bonds is 13. The number of benzene rings is 2. The van der Waals surface area contributed by atoms with Crippen LogP contribution in [0.15, 0.2) is 42.5 Å². The van der Waals surface area contributed by atoms with Crippen LogP contribution in [0.2, 0.25) is 0 Å². The molecule has 0 aliphatic heterocycles. The molecule has 171 valence electrons. The molecule has 4 rings (SSSR count). The van der Waals surface area contributed by atoms with Gasteiger partial charge in [-0.05, 0) is 22.9 Å². The molecule has 32 heavy (non-hydrogen) atoms. The summed E-state index contributed by atoms with van der Waals surface area (Å²) in [5, 5.41) is 1.28. The number of aromatic nitrogens is 1. The molecule has 1 heterocycles. The summed E-state index contributed by atoms with van der Waals surface area (Å²) < 4.78 is 0. The Morgan fingerprint density at radius 3 is 2.12 bits per heavy atom. The molecule has 0 saturated carbocycles. The first-order valence-corrected chi connectivity index (χ1v) is 12.5. The fourth-order valence-corrected chi connectivity index (χ4v) is 4.70. The molecule has 0 bridgehead atoms. The number of hydrogen-bond donors (Lipinski definition) is 0. The van der Waals surface area contributed by atoms with Crippen LogP contribution < -0.4 is 0 Å². The number of aryl methyl sites for hydroxylation is 1. The van der Waals surface area contributed by atoms with Crippen molar-refractivity contribution in [2.45, 2.75) is 84.0 Å². The van der Waals surface area contributed by atoms with E-state index in [1.165, 1.54) is 92.7 Å². The molecular weight excluding hydrogens is 567 g/mol. The van der Waals surface area contributed by atoms with E-state index >= 15 is 0 Å². The number of nitrogens with zero attached hydrogens (tertiary/aromatic N) is 1. The molecule has 1 aromatic heterocycles. The van der Waals surface area contributed by atoms with E-state index in [1.54, 1.807) is 0 Å². The summed E-state index contributed by atoms with van der Waals surface area (Å²) in [6.07, 6.45) is 20.9. The minimum atomic E-state index is 0. The van der Waals surface area contributed by atoms with Gasteiger partial charge in [-0.15, -0.1) is 35.4 Å². The van der Waals surface area contributed by atoms with Gasteiger partial charge in [0.15, 0.2) is 0 Å². The van der Waals surface area contributed by atoms with E-state index in [2.05, 4.69) is 67.6 Å². The summed E-state index contributed by atoms with van der Waals surface area (Å²) >= 11 is 0. The van der Waals surface area contributed by atoms with Crippen molar-refractivity contribution in [2.75, 3.05) is 0 Å². The Balaban J connectivity index is 0.00000289. The molecule has 0 saturated heterocycles. The quantitative estimate of drug-likeness (QED) is 0.110. The van der Waals surface area contributed by atoms with Crippen molar-refractivity contribution in [3.05, 3.63) is 65.2 Å². The SMILES string of the molecule is CCCCCCCCCCCCCc1c[c-]c(-c2cc3c4c(cccc4n2)C=C3)cc1.[Ir]. The Morgan fingerprint density at radius 1 is 0.750 bits per heavy atom. The van der Waals surface area contributed by atoms with Gasteiger partial charge in [0, 0.05) is 25.5 Å². The van der Waals surface area contributed by atoms with Gasteiger partial charge in [-0.1, -0.05) is 114 Å². The van der Waals surface area contributed by atoms with E-state index in [0.717, 1.165) is 23.2 Å². The van der Waals surface area contributed by atoms with Gasteiger partial charge in [-0.25, -0.2) is 0 Å². The largest absolute Gasteiger partial charge is 0.296 e. The van der Waals surface area contributed by atoms with E-state index in [9.17, 15) is 0 Å². The van der Waals surface area contributed by atoms with Crippen molar-refractivity contribution < 1.29 is 20.1 Å². The third-order valence-corrected chi connectivity index (χ3v) is 6.56. The van der Waals surface area contributed by atoms with Crippen LogP contribution in [0.5, 0.6) is 0 Å². The van der Waals surface area contributed by atoms with Gasteiger partial charge < -0.3 is 0 Å². The van der Waals surface area contributed by atoms with Gasteiger partial charge in [0.25, 0.3) is 0 Å². The van der Waals surface area contributed by atoms with Crippen molar-refractivity contribution in [1.82, 2.24) is 4.98 Å². The molecule has 0 amide bonds. The molecule has 0 atom stereocenters. The van der Waals surface area contributed by atoms with E-state index in [1.807, 2.05) is 0 Å². The molecule has 1 aliphatic carbocycles. The third-order valence-electron chi connectivity index (χ3n) is 6.56. The maximum Gasteiger partial charge on any atom is 0.0607 e. The maximum absolute atomic E-state index is 4.90. The summed E-state index contributed by atoms with van der Waals surface area (Å²) in [4.78, 5) is 4.90. The molecule has 1 aliphatic rings. The Labute approximate surface area is 208 Å². The molecule has 1 nitrogen and oxygen atoms in total. The minimum absolute atomic E-state index is 0. The number of unbranched alkanes of at least 4 members (excludes halogenated alkanes) is 10. The zero-order chi connectivity index (χ0) is 21.3. The Bertz CT molecular complexity index is 1000. The maximum atomic E-state index is 4.90. The predicted molar refractivity (Wildman–Crippen MR) is 135 cm³/mol. The second-order valence-electron chi connectivity index (χ2n) is 9.07. The average molecular weight is 603 g/mol. The van der Waals surface area contributed by atoms with Crippen LogP contribution in [0, 0.1) is 6.07 Å². The van der Waals surface area contributed by atoms with Gasteiger partial charge in [-0.2, -0.15) is 0 Å². The Hall–Kier alpha value is -1.76. The molecule has 0 fully saturated rings. The monoisotopic (exact) mass is 603 g/mol. The van der Waals surface area contributed by atoms with Gasteiger partial charge in [0.1, 0.15) is 0 Å². The summed E-state index contributed by atoms with van der Waals surface area (Å²) in [5.41, 5.74) is 7.13. The van der Waals surface area contributed by atoms with E-state index in [0.29, 0.717) is 0 Å². The van der Waals surface area contributed by atoms with Crippen LogP contribution in [0.25, 0.3) is 34.3 Å². The fraction of sp³-hybridized carbons (Fsp3) is 0.433. The number of pyridine rings is 1. The van der Waals surface area contributed by atoms with Crippen LogP contribution in [-0.2, 0) is 26.5 Å². The molecule has 0 N–H and O–H groups in total. The molecule has 0 unspecified atom stereocenters. The molecule has 2 heteroatoms. The zero-order valence-electron chi connectivity index (χ0n) is 19.5. The van der Waals surface area contributed by atoms with Gasteiger partial charge >= 0.3 is 0 Å². The van der Waals surface area contributed by atoms with E-state index in [4.69, 9.17) is 4.98 Å². The standard InChI is InChI=1S/C30H36N.Ir/c1-2-3-4-5-6-7-8-9-10-11-12-14-24-17-19-25(20-18-24)29-23-27-22-21-26-15-13-16-28(31-29)30(26)27;/h13,15-19,21-23H,2-12,14H2,1H3;/q-1;. The Kier molecular flexibility index (Phi) is 10.2. The Morgan fingerprint density at radius 2 is 1.44 bits per heavy atom. The van der Waals surface area contributed by atoms with E-state index < -0.39 is 0 Å². The topological polar surface area (TPSA) is 12.9 Å². The van der Waals surface area contributed by atoms with Gasteiger partial charge in [-0.3, -0.25) is 4.98 Å². The van der Waals surface area contributed by atoms with Crippen molar-refractivity contribution >= 4 is 23.1 Å². The second kappa shape index (κ2) is 13.1. The van der Waals surface area contributed by atoms with Gasteiger partial charge in [0.2, 0.25) is 0 Å². The fourth-order valence-electron chi connectivity index (χ4n) is 4.70. The molecular formula is C30H36IrN-. The first kappa shape index (κ1) is 24.9. The summed E-state index contributed by atoms with van der Waals surface area (Å²) in [7, 11) is 0. The summed E-state index contributed by atoms with van der Waals surface area (Å²) in [6, 6.07) is 18.7. The zero-order valence-corrected chi connectivity index (χ0v) is 21.9. The first-order chi connectivity index (χ1) is 15.3. The van der Waals surface area contributed by atoms with E-state index in [-0.39, 0.29) is 20.1 Å². The van der Waals surface area contributed by atoms with Crippen LogP contribution in [-0.4, -0.2) is 4.98 Å². The molecule has 3 aromatic rings. The van der Waals surface area contributed by atoms with Crippen LogP contribution in [0.4, 0.5) is 0 Å². The van der Waals surface area contributed by atoms with Crippen molar-refractivity contribution in [2.24, 2.45) is 0 Å². The predicted octanol–water partition coefficient (Wildman–Crippen LogP) is 9.04. The second-order valence-corrected chi connectivity index (χ2v) is 9.07. The van der Waals surface area contributed by atoms with Crippen molar-refractivity contribution in [3.63, 3.8) is 0 Å². The molecule has 0 spiro atoms. The smallest absolute Gasteiger partial charge is 0.0607 e. The van der Waals surface area contributed by atoms with Crippen molar-refractivity contribution in [1.29, 1.82) is 0 Å². The van der Waals surface area contributed by atoms with Crippen molar-refractivity contribution in [3.8, 4) is 11.3 Å². The van der Waals surface area contributed by atoms with Crippen LogP contribution in [0.3, 0.4) is 0 Å². The van der Waals surface area contributed by atoms with Crippen LogP contribution in [0.1, 0.15) is 94.2 Å². The number of hydrogen-bond acceptors (Lipinski definition) is 1.